The molecular weight excluding hydrogens is 671 g/mol. The van der Waals surface area contributed by atoms with Crippen LogP contribution in [0.4, 0.5) is 11.4 Å². The van der Waals surface area contributed by atoms with Crippen molar-refractivity contribution in [2.45, 2.75) is 0 Å². The third kappa shape index (κ3) is 5.28. The van der Waals surface area contributed by atoms with Gasteiger partial charge in [0.2, 0.25) is 0 Å². The molecule has 0 amide bonds. The molecule has 0 bridgehead atoms. The molecule has 11 rings (SSSR count). The largest absolute Gasteiger partial charge is 0.455 e. The first-order valence-electron chi connectivity index (χ1n) is 18.7. The maximum atomic E-state index is 6.72. The Balaban J connectivity index is 1.03. The van der Waals surface area contributed by atoms with Crippen LogP contribution in [-0.4, -0.2) is 0 Å². The normalized spacial score (nSPS) is 11.6. The van der Waals surface area contributed by atoms with Gasteiger partial charge in [0, 0.05) is 43.9 Å². The average Bonchev–Trinajstić information content (AvgIpc) is 3.83. The molecule has 0 aliphatic carbocycles. The first-order chi connectivity index (χ1) is 27.2. The third-order valence-electron chi connectivity index (χ3n) is 10.8. The second kappa shape index (κ2) is 12.6. The van der Waals surface area contributed by atoms with Gasteiger partial charge in [-0.1, -0.05) is 146 Å². The highest BCUT2D eigenvalue weighted by molar-refractivity contribution is 6.23. The minimum atomic E-state index is 0.857. The number of rotatable bonds is 6. The Hall–Kier alpha value is -7.36. The number of hydrogen-bond acceptors (Lipinski definition) is 3. The Kier molecular flexibility index (Phi) is 7.17. The van der Waals surface area contributed by atoms with Gasteiger partial charge in [0.25, 0.3) is 0 Å². The van der Waals surface area contributed by atoms with Gasteiger partial charge in [-0.2, -0.15) is 0 Å². The molecule has 55 heavy (non-hydrogen) atoms. The highest BCUT2D eigenvalue weighted by Crippen LogP contribution is 2.45. The highest BCUT2D eigenvalue weighted by Gasteiger charge is 2.20. The Labute approximate surface area is 317 Å². The molecule has 2 heterocycles. The van der Waals surface area contributed by atoms with Crippen molar-refractivity contribution in [3.63, 3.8) is 0 Å². The molecule has 2 aromatic heterocycles. The van der Waals surface area contributed by atoms with Crippen LogP contribution in [-0.2, 0) is 0 Å². The number of para-hydroxylation sites is 2. The molecule has 0 saturated heterocycles. The predicted molar refractivity (Wildman–Crippen MR) is 230 cm³/mol. The zero-order valence-corrected chi connectivity index (χ0v) is 29.8. The van der Waals surface area contributed by atoms with Crippen LogP contribution >= 0.6 is 0 Å². The number of anilines is 2. The van der Waals surface area contributed by atoms with E-state index in [2.05, 4.69) is 187 Å². The summed E-state index contributed by atoms with van der Waals surface area (Å²) in [6, 6.07) is 68.5. The van der Waals surface area contributed by atoms with E-state index in [1.807, 2.05) is 12.1 Å². The van der Waals surface area contributed by atoms with Crippen LogP contribution in [0.2, 0.25) is 0 Å². The van der Waals surface area contributed by atoms with Crippen molar-refractivity contribution in [2.24, 2.45) is 0 Å². The molecule has 0 aliphatic heterocycles. The fourth-order valence-corrected chi connectivity index (χ4v) is 8.26. The fourth-order valence-electron chi connectivity index (χ4n) is 8.26. The minimum Gasteiger partial charge on any atom is -0.455 e. The summed E-state index contributed by atoms with van der Waals surface area (Å²) < 4.78 is 13.2. The molecular formula is C52H33NO2. The van der Waals surface area contributed by atoms with E-state index in [9.17, 15) is 0 Å². The van der Waals surface area contributed by atoms with Crippen LogP contribution in [0.15, 0.2) is 203 Å². The Morgan fingerprint density at radius 1 is 0.291 bits per heavy atom. The summed E-state index contributed by atoms with van der Waals surface area (Å²) in [5.74, 6) is 0. The first kappa shape index (κ1) is 31.2. The van der Waals surface area contributed by atoms with E-state index in [1.165, 1.54) is 22.3 Å². The molecule has 3 nitrogen and oxygen atoms in total. The smallest absolute Gasteiger partial charge is 0.143 e. The summed E-state index contributed by atoms with van der Waals surface area (Å²) in [6.45, 7) is 0. The number of benzene rings is 9. The molecule has 0 atom stereocenters. The van der Waals surface area contributed by atoms with Gasteiger partial charge < -0.3 is 14.2 Å². The lowest BCUT2D eigenvalue weighted by Gasteiger charge is -2.14. The van der Waals surface area contributed by atoms with Gasteiger partial charge in [-0.05, 0) is 92.9 Å². The Morgan fingerprint density at radius 2 is 0.855 bits per heavy atom. The molecule has 0 spiro atoms. The summed E-state index contributed by atoms with van der Waals surface area (Å²) >= 11 is 0. The topological polar surface area (TPSA) is 38.3 Å². The van der Waals surface area contributed by atoms with Gasteiger partial charge in [0.1, 0.15) is 22.3 Å². The molecule has 0 saturated carbocycles. The SMILES string of the molecule is c1ccc(-c2cc(Nc3ccc(-c4cc5c(oc6cccc(-c7cccc8c7oc7ccccc78)c65)c5ccccc45)cc3)cc(-c3ccccc3)c2)cc1. The van der Waals surface area contributed by atoms with Gasteiger partial charge in [-0.15, -0.1) is 0 Å². The van der Waals surface area contributed by atoms with Crippen molar-refractivity contribution in [3.8, 4) is 44.5 Å². The van der Waals surface area contributed by atoms with Crippen molar-refractivity contribution in [2.75, 3.05) is 5.32 Å². The molecule has 258 valence electrons. The van der Waals surface area contributed by atoms with E-state index in [0.717, 1.165) is 88.3 Å². The van der Waals surface area contributed by atoms with E-state index >= 15 is 0 Å². The van der Waals surface area contributed by atoms with E-state index in [0.29, 0.717) is 0 Å². The number of furan rings is 2. The Bertz CT molecular complexity index is 3150. The Morgan fingerprint density at radius 3 is 1.60 bits per heavy atom. The molecule has 0 unspecified atom stereocenters. The van der Waals surface area contributed by atoms with Crippen molar-refractivity contribution in [3.05, 3.63) is 194 Å². The van der Waals surface area contributed by atoms with Crippen LogP contribution in [0.1, 0.15) is 0 Å². The highest BCUT2D eigenvalue weighted by atomic mass is 16.3. The van der Waals surface area contributed by atoms with Crippen LogP contribution in [0, 0.1) is 0 Å². The van der Waals surface area contributed by atoms with Gasteiger partial charge in [-0.3, -0.25) is 0 Å². The lowest BCUT2D eigenvalue weighted by Crippen LogP contribution is -1.93. The quantitative estimate of drug-likeness (QED) is 0.187. The zero-order chi connectivity index (χ0) is 36.3. The molecule has 9 aromatic carbocycles. The molecule has 11 aromatic rings. The summed E-state index contributed by atoms with van der Waals surface area (Å²) in [6.07, 6.45) is 0. The van der Waals surface area contributed by atoms with E-state index in [4.69, 9.17) is 8.83 Å². The molecule has 3 heteroatoms. The summed E-state index contributed by atoms with van der Waals surface area (Å²) in [7, 11) is 0. The maximum Gasteiger partial charge on any atom is 0.143 e. The predicted octanol–water partition coefficient (Wildman–Crippen LogP) is 15.1. The number of nitrogens with one attached hydrogen (secondary N) is 1. The van der Waals surface area contributed by atoms with Gasteiger partial charge in [-0.25, -0.2) is 0 Å². The second-order valence-corrected chi connectivity index (χ2v) is 14.1. The fraction of sp³-hybridized carbons (Fsp3) is 0. The maximum absolute atomic E-state index is 6.72. The molecule has 0 radical (unpaired) electrons. The van der Waals surface area contributed by atoms with Crippen LogP contribution in [0.25, 0.3) is 99.2 Å². The van der Waals surface area contributed by atoms with Crippen LogP contribution in [0.3, 0.4) is 0 Å². The average molecular weight is 704 g/mol. The second-order valence-electron chi connectivity index (χ2n) is 14.1. The minimum absolute atomic E-state index is 0.857. The summed E-state index contributed by atoms with van der Waals surface area (Å²) in [4.78, 5) is 0. The van der Waals surface area contributed by atoms with Crippen molar-refractivity contribution < 1.29 is 8.83 Å². The van der Waals surface area contributed by atoms with E-state index in [1.54, 1.807) is 0 Å². The molecule has 1 N–H and O–H groups in total. The van der Waals surface area contributed by atoms with Crippen molar-refractivity contribution in [1.82, 2.24) is 0 Å². The van der Waals surface area contributed by atoms with Gasteiger partial charge >= 0.3 is 0 Å². The molecule has 0 fully saturated rings. The van der Waals surface area contributed by atoms with E-state index < -0.39 is 0 Å². The zero-order valence-electron chi connectivity index (χ0n) is 29.8. The third-order valence-corrected chi connectivity index (χ3v) is 10.8. The lowest BCUT2D eigenvalue weighted by molar-refractivity contribution is 0.670. The van der Waals surface area contributed by atoms with E-state index in [-0.39, 0.29) is 0 Å². The summed E-state index contributed by atoms with van der Waals surface area (Å²) in [5, 5.41) is 10.4. The van der Waals surface area contributed by atoms with Crippen molar-refractivity contribution >= 4 is 66.0 Å². The lowest BCUT2D eigenvalue weighted by atomic mass is 9.93. The summed E-state index contributed by atoms with van der Waals surface area (Å²) in [5.41, 5.74) is 14.7. The number of hydrogen-bond donors (Lipinski definition) is 1. The van der Waals surface area contributed by atoms with Crippen LogP contribution in [0.5, 0.6) is 0 Å². The standard InChI is InChI=1S/C52H33NO2/c1-3-13-33(14-4-1)36-29-37(34-15-5-2-6-16-34)31-39(30-36)53-38-27-25-35(26-28-38)46-32-47-50-42(20-12-24-49(50)55-52(47)43-19-8-7-17-40(43)46)45-22-11-21-44-41-18-9-10-23-48(41)54-51(44)45/h1-32,53H. The van der Waals surface area contributed by atoms with Crippen LogP contribution < -0.4 is 5.32 Å². The molecule has 0 aliphatic rings. The van der Waals surface area contributed by atoms with Gasteiger partial charge in [0.15, 0.2) is 0 Å². The monoisotopic (exact) mass is 703 g/mol. The number of fused-ring (bicyclic) bond motifs is 8. The first-order valence-corrected chi connectivity index (χ1v) is 18.7. The van der Waals surface area contributed by atoms with Gasteiger partial charge in [0.05, 0.1) is 0 Å². The van der Waals surface area contributed by atoms with Crippen molar-refractivity contribution in [1.29, 1.82) is 0 Å².